The molecule has 0 unspecified atom stereocenters. The molecule has 2 N–H and O–H groups in total. The van der Waals surface area contributed by atoms with Crippen LogP contribution in [0.4, 0.5) is 10.2 Å². The van der Waals surface area contributed by atoms with Gasteiger partial charge in [-0.1, -0.05) is 12.1 Å². The molecule has 1 saturated heterocycles. The van der Waals surface area contributed by atoms with Crippen molar-refractivity contribution in [3.05, 3.63) is 59.7 Å². The van der Waals surface area contributed by atoms with Gasteiger partial charge in [-0.25, -0.2) is 13.9 Å². The average Bonchev–Trinajstić information content (AvgIpc) is 3.23. The Morgan fingerprint density at radius 1 is 1.33 bits per heavy atom. The second-order valence-electron chi connectivity index (χ2n) is 8.85. The van der Waals surface area contributed by atoms with E-state index in [9.17, 15) is 14.3 Å². The van der Waals surface area contributed by atoms with Gasteiger partial charge in [-0.3, -0.25) is 4.79 Å². The number of carbonyl (C=O) groups is 1. The summed E-state index contributed by atoms with van der Waals surface area (Å²) >= 11 is 0. The molecular weight excluding hydrogens is 385 g/mol. The highest BCUT2D eigenvalue weighted by Crippen LogP contribution is 2.27. The van der Waals surface area contributed by atoms with Crippen molar-refractivity contribution in [2.75, 3.05) is 11.4 Å². The Morgan fingerprint density at radius 3 is 2.87 bits per heavy atom. The number of anilines is 1. The Bertz CT molecular complexity index is 1070. The zero-order valence-corrected chi connectivity index (χ0v) is 17.3. The molecule has 30 heavy (non-hydrogen) atoms. The third-order valence-electron chi connectivity index (χ3n) is 5.13. The van der Waals surface area contributed by atoms with Crippen molar-refractivity contribution in [2.45, 2.75) is 51.3 Å². The van der Waals surface area contributed by atoms with E-state index >= 15 is 0 Å². The van der Waals surface area contributed by atoms with Crippen LogP contribution < -0.4 is 10.2 Å². The minimum Gasteiger partial charge on any atom is -0.391 e. The Balaban J connectivity index is 1.64. The number of β-amino-alcohol motifs (C(OH)–C–C–N with tert-alkyl or cyclic N) is 1. The third kappa shape index (κ3) is 4.28. The Morgan fingerprint density at radius 2 is 2.13 bits per heavy atom. The molecule has 3 heterocycles. The molecule has 3 aromatic rings. The highest BCUT2D eigenvalue weighted by molar-refractivity contribution is 6.00. The highest BCUT2D eigenvalue weighted by Gasteiger charge is 2.32. The maximum atomic E-state index is 13.6. The van der Waals surface area contributed by atoms with Crippen molar-refractivity contribution < 1.29 is 14.3 Å². The lowest BCUT2D eigenvalue weighted by atomic mass is 10.0. The quantitative estimate of drug-likeness (QED) is 0.690. The Hall–Kier alpha value is -3.00. The molecule has 0 radical (unpaired) electrons. The average molecular weight is 411 g/mol. The normalized spacial score (nSPS) is 19.4. The number of benzene rings is 1. The fourth-order valence-electron chi connectivity index (χ4n) is 3.89. The molecule has 7 nitrogen and oxygen atoms in total. The zero-order chi connectivity index (χ0) is 21.5. The van der Waals surface area contributed by atoms with Gasteiger partial charge in [0.2, 0.25) is 0 Å². The van der Waals surface area contributed by atoms with Crippen molar-refractivity contribution in [3.63, 3.8) is 0 Å². The second kappa shape index (κ2) is 7.68. The van der Waals surface area contributed by atoms with Gasteiger partial charge in [0.05, 0.1) is 12.3 Å². The third-order valence-corrected chi connectivity index (χ3v) is 5.13. The molecule has 1 aliphatic rings. The number of amides is 1. The first kappa shape index (κ1) is 20.3. The van der Waals surface area contributed by atoms with E-state index in [4.69, 9.17) is 4.98 Å². The minimum absolute atomic E-state index is 0.0217. The summed E-state index contributed by atoms with van der Waals surface area (Å²) in [5, 5.41) is 17.5. The van der Waals surface area contributed by atoms with Crippen LogP contribution in [-0.2, 0) is 6.42 Å². The molecule has 158 valence electrons. The first-order valence-corrected chi connectivity index (χ1v) is 10.1. The van der Waals surface area contributed by atoms with E-state index in [1.54, 1.807) is 16.8 Å². The lowest BCUT2D eigenvalue weighted by Crippen LogP contribution is -2.40. The second-order valence-corrected chi connectivity index (χ2v) is 8.85. The van der Waals surface area contributed by atoms with Gasteiger partial charge >= 0.3 is 0 Å². The number of hydrogen-bond acceptors (Lipinski definition) is 5. The van der Waals surface area contributed by atoms with Gasteiger partial charge in [0, 0.05) is 24.3 Å². The van der Waals surface area contributed by atoms with E-state index in [2.05, 4.69) is 10.4 Å². The van der Waals surface area contributed by atoms with Crippen LogP contribution in [0.5, 0.6) is 0 Å². The largest absolute Gasteiger partial charge is 0.391 e. The minimum atomic E-state index is -0.491. The molecule has 1 aliphatic heterocycles. The van der Waals surface area contributed by atoms with Crippen LogP contribution in [0.1, 0.15) is 43.1 Å². The number of carbonyl (C=O) groups excluding carboxylic acids is 1. The van der Waals surface area contributed by atoms with Crippen molar-refractivity contribution in [3.8, 4) is 0 Å². The van der Waals surface area contributed by atoms with Crippen molar-refractivity contribution >= 4 is 17.4 Å². The summed E-state index contributed by atoms with van der Waals surface area (Å²) in [6, 6.07) is 8.31. The van der Waals surface area contributed by atoms with Crippen LogP contribution in [0.3, 0.4) is 0 Å². The van der Waals surface area contributed by atoms with Gasteiger partial charge in [-0.15, -0.1) is 0 Å². The fourth-order valence-corrected chi connectivity index (χ4v) is 3.89. The van der Waals surface area contributed by atoms with Crippen molar-refractivity contribution in [1.82, 2.24) is 19.9 Å². The van der Waals surface area contributed by atoms with Crippen LogP contribution in [-0.4, -0.2) is 49.8 Å². The van der Waals surface area contributed by atoms with E-state index in [1.807, 2.05) is 37.8 Å². The first-order valence-electron chi connectivity index (χ1n) is 10.1. The summed E-state index contributed by atoms with van der Waals surface area (Å²) in [4.78, 5) is 19.4. The van der Waals surface area contributed by atoms with E-state index in [-0.39, 0.29) is 23.3 Å². The molecule has 0 saturated carbocycles. The predicted molar refractivity (Wildman–Crippen MR) is 112 cm³/mol. The zero-order valence-electron chi connectivity index (χ0n) is 17.3. The van der Waals surface area contributed by atoms with Crippen LogP contribution in [0.2, 0.25) is 0 Å². The topological polar surface area (TPSA) is 82.8 Å². The van der Waals surface area contributed by atoms with Gasteiger partial charge < -0.3 is 15.3 Å². The maximum Gasteiger partial charge on any atom is 0.257 e. The number of fused-ring (bicyclic) bond motifs is 1. The molecule has 0 bridgehead atoms. The molecule has 1 fully saturated rings. The summed E-state index contributed by atoms with van der Waals surface area (Å²) in [5.41, 5.74) is 1.35. The standard InChI is InChI=1S/C22H26FN5O2/c1-22(2,3)26-21(30)18-12-24-28-8-7-19(25-20(18)28)27-13-17(29)11-16(27)10-14-5-4-6-15(23)9-14/h4-9,12,16-17,29H,10-11,13H2,1-3H3,(H,26,30)/t16-,17+/m0/s1. The Kier molecular flexibility index (Phi) is 5.19. The summed E-state index contributed by atoms with van der Waals surface area (Å²) in [6.07, 6.45) is 3.94. The molecule has 8 heteroatoms. The van der Waals surface area contributed by atoms with Crippen LogP contribution in [0.15, 0.2) is 42.7 Å². The summed E-state index contributed by atoms with van der Waals surface area (Å²) in [7, 11) is 0. The fraction of sp³-hybridized carbons (Fsp3) is 0.409. The van der Waals surface area contributed by atoms with E-state index < -0.39 is 6.10 Å². The lowest BCUT2D eigenvalue weighted by Gasteiger charge is -2.25. The maximum absolute atomic E-state index is 13.6. The highest BCUT2D eigenvalue weighted by atomic mass is 19.1. The van der Waals surface area contributed by atoms with Gasteiger partial charge in [-0.05, 0) is 57.4 Å². The van der Waals surface area contributed by atoms with Gasteiger partial charge in [0.1, 0.15) is 17.2 Å². The lowest BCUT2D eigenvalue weighted by molar-refractivity contribution is 0.0921. The number of rotatable bonds is 4. The van der Waals surface area contributed by atoms with Crippen molar-refractivity contribution in [1.29, 1.82) is 0 Å². The number of aliphatic hydroxyl groups excluding tert-OH is 1. The number of aromatic nitrogens is 3. The smallest absolute Gasteiger partial charge is 0.257 e. The number of aliphatic hydroxyl groups is 1. The molecule has 2 aromatic heterocycles. The van der Waals surface area contributed by atoms with Crippen LogP contribution in [0.25, 0.3) is 5.65 Å². The molecule has 1 aromatic carbocycles. The number of nitrogens with one attached hydrogen (secondary N) is 1. The van der Waals surface area contributed by atoms with Crippen LogP contribution >= 0.6 is 0 Å². The molecule has 4 rings (SSSR count). The molecule has 0 aliphatic carbocycles. The first-order chi connectivity index (χ1) is 14.2. The van der Waals surface area contributed by atoms with Crippen LogP contribution in [0, 0.1) is 5.82 Å². The van der Waals surface area contributed by atoms with Gasteiger partial charge in [0.25, 0.3) is 5.91 Å². The molecular formula is C22H26FN5O2. The summed E-state index contributed by atoms with van der Waals surface area (Å²) in [5.74, 6) is 0.150. The molecule has 2 atom stereocenters. The Labute approximate surface area is 174 Å². The van der Waals surface area contributed by atoms with E-state index in [0.29, 0.717) is 36.4 Å². The summed E-state index contributed by atoms with van der Waals surface area (Å²) < 4.78 is 15.2. The predicted octanol–water partition coefficient (Wildman–Crippen LogP) is 2.58. The number of hydrogen-bond donors (Lipinski definition) is 2. The molecule has 1 amide bonds. The monoisotopic (exact) mass is 411 g/mol. The number of halogens is 1. The summed E-state index contributed by atoms with van der Waals surface area (Å²) in [6.45, 7) is 6.18. The molecule has 0 spiro atoms. The van der Waals surface area contributed by atoms with Crippen molar-refractivity contribution in [2.24, 2.45) is 0 Å². The number of nitrogens with zero attached hydrogens (tertiary/aromatic N) is 4. The van der Waals surface area contributed by atoms with Gasteiger partial charge in [0.15, 0.2) is 5.65 Å². The van der Waals surface area contributed by atoms with E-state index in [1.165, 1.54) is 18.3 Å². The van der Waals surface area contributed by atoms with Gasteiger partial charge in [-0.2, -0.15) is 5.10 Å². The SMILES string of the molecule is CC(C)(C)NC(=O)c1cnn2ccc(N3C[C@H](O)C[C@@H]3Cc3cccc(F)c3)nc12. The van der Waals surface area contributed by atoms with E-state index in [0.717, 1.165) is 5.56 Å².